The number of amides is 2. The van der Waals surface area contributed by atoms with Crippen LogP contribution in [0.5, 0.6) is 0 Å². The van der Waals surface area contributed by atoms with Gasteiger partial charge in [-0.25, -0.2) is 0 Å². The zero-order valence-corrected chi connectivity index (χ0v) is 13.6. The van der Waals surface area contributed by atoms with Gasteiger partial charge in [0.25, 0.3) is 5.56 Å². The number of benzene rings is 1. The number of hydrogen-bond acceptors (Lipinski definition) is 3. The highest BCUT2D eigenvalue weighted by Crippen LogP contribution is 2.27. The molecular weight excluding hydrogens is 306 g/mol. The Morgan fingerprint density at radius 1 is 1.21 bits per heavy atom. The molecule has 0 radical (unpaired) electrons. The van der Waals surface area contributed by atoms with Gasteiger partial charge in [-0.15, -0.1) is 0 Å². The minimum Gasteiger partial charge on any atom is -0.327 e. The van der Waals surface area contributed by atoms with Crippen LogP contribution in [0.1, 0.15) is 17.5 Å². The molecule has 1 aliphatic rings. The van der Waals surface area contributed by atoms with Crippen molar-refractivity contribution in [1.29, 1.82) is 0 Å². The number of aryl methyl sites for hydroxylation is 2. The third-order valence-electron chi connectivity index (χ3n) is 4.40. The number of aromatic nitrogens is 1. The Balaban J connectivity index is 1.76. The minimum absolute atomic E-state index is 0.153. The van der Waals surface area contributed by atoms with E-state index < -0.39 is 11.8 Å². The number of nitrogens with zero attached hydrogens (tertiary/aromatic N) is 1. The second-order valence-electron chi connectivity index (χ2n) is 6.00. The van der Waals surface area contributed by atoms with Crippen LogP contribution < -0.4 is 15.8 Å². The van der Waals surface area contributed by atoms with Crippen molar-refractivity contribution >= 4 is 23.2 Å². The summed E-state index contributed by atoms with van der Waals surface area (Å²) < 4.78 is 0. The molecule has 1 aliphatic heterocycles. The van der Waals surface area contributed by atoms with Gasteiger partial charge in [-0.3, -0.25) is 14.4 Å². The van der Waals surface area contributed by atoms with Crippen molar-refractivity contribution in [1.82, 2.24) is 4.98 Å². The highest BCUT2D eigenvalue weighted by molar-refractivity contribution is 6.13. The van der Waals surface area contributed by atoms with Crippen molar-refractivity contribution in [2.45, 2.75) is 20.3 Å². The molecule has 0 unspecified atom stereocenters. The SMILES string of the molecule is Cc1ccc(N2CC[C@@H](C(=O)Nc3ccc[nH]c3=O)C2=O)cc1C. The lowest BCUT2D eigenvalue weighted by Gasteiger charge is -2.18. The molecule has 0 aliphatic carbocycles. The molecule has 124 valence electrons. The molecule has 0 saturated carbocycles. The molecule has 2 amide bonds. The van der Waals surface area contributed by atoms with Gasteiger partial charge in [0, 0.05) is 18.4 Å². The van der Waals surface area contributed by atoms with Crippen LogP contribution in [0, 0.1) is 19.8 Å². The lowest BCUT2D eigenvalue weighted by Crippen LogP contribution is -2.34. The molecule has 1 aromatic heterocycles. The van der Waals surface area contributed by atoms with Gasteiger partial charge >= 0.3 is 0 Å². The summed E-state index contributed by atoms with van der Waals surface area (Å²) >= 11 is 0. The van der Waals surface area contributed by atoms with Crippen LogP contribution in [0.4, 0.5) is 11.4 Å². The van der Waals surface area contributed by atoms with Gasteiger partial charge in [-0.2, -0.15) is 0 Å². The summed E-state index contributed by atoms with van der Waals surface area (Å²) in [5.41, 5.74) is 2.82. The molecule has 6 nitrogen and oxygen atoms in total. The molecule has 2 heterocycles. The second-order valence-corrected chi connectivity index (χ2v) is 6.00. The van der Waals surface area contributed by atoms with Gasteiger partial charge in [0.15, 0.2) is 0 Å². The lowest BCUT2D eigenvalue weighted by molar-refractivity contribution is -0.129. The Kier molecular flexibility index (Phi) is 4.20. The largest absolute Gasteiger partial charge is 0.327 e. The Morgan fingerprint density at radius 3 is 2.71 bits per heavy atom. The van der Waals surface area contributed by atoms with Crippen molar-refractivity contribution in [2.24, 2.45) is 5.92 Å². The van der Waals surface area contributed by atoms with E-state index in [9.17, 15) is 14.4 Å². The van der Waals surface area contributed by atoms with E-state index in [1.165, 1.54) is 12.3 Å². The first-order chi connectivity index (χ1) is 11.5. The first-order valence-corrected chi connectivity index (χ1v) is 7.84. The van der Waals surface area contributed by atoms with Gasteiger partial charge in [-0.05, 0) is 55.7 Å². The molecule has 1 aromatic carbocycles. The molecular formula is C18H19N3O3. The van der Waals surface area contributed by atoms with Crippen LogP contribution in [-0.2, 0) is 9.59 Å². The van der Waals surface area contributed by atoms with Crippen LogP contribution in [0.15, 0.2) is 41.3 Å². The fraction of sp³-hybridized carbons (Fsp3) is 0.278. The number of anilines is 2. The van der Waals surface area contributed by atoms with Crippen molar-refractivity contribution in [3.8, 4) is 0 Å². The molecule has 1 saturated heterocycles. The van der Waals surface area contributed by atoms with Gasteiger partial charge in [0.1, 0.15) is 11.6 Å². The summed E-state index contributed by atoms with van der Waals surface area (Å²) in [7, 11) is 0. The number of carbonyl (C=O) groups is 2. The van der Waals surface area contributed by atoms with Crippen molar-refractivity contribution in [3.63, 3.8) is 0 Å². The monoisotopic (exact) mass is 325 g/mol. The average molecular weight is 325 g/mol. The highest BCUT2D eigenvalue weighted by atomic mass is 16.2. The van der Waals surface area contributed by atoms with Crippen molar-refractivity contribution < 1.29 is 9.59 Å². The molecule has 6 heteroatoms. The summed E-state index contributed by atoms with van der Waals surface area (Å²) in [6, 6.07) is 8.94. The maximum absolute atomic E-state index is 12.6. The number of pyridine rings is 1. The van der Waals surface area contributed by atoms with E-state index >= 15 is 0 Å². The Bertz CT molecular complexity index is 857. The normalized spacial score (nSPS) is 17.2. The zero-order valence-electron chi connectivity index (χ0n) is 13.6. The summed E-state index contributed by atoms with van der Waals surface area (Å²) in [6.07, 6.45) is 1.92. The number of nitrogens with one attached hydrogen (secondary N) is 2. The summed E-state index contributed by atoms with van der Waals surface area (Å²) in [5, 5.41) is 2.54. The third-order valence-corrected chi connectivity index (χ3v) is 4.40. The second kappa shape index (κ2) is 6.31. The van der Waals surface area contributed by atoms with E-state index in [2.05, 4.69) is 10.3 Å². The smallest absolute Gasteiger partial charge is 0.271 e. The molecule has 0 spiro atoms. The van der Waals surface area contributed by atoms with E-state index in [1.807, 2.05) is 32.0 Å². The predicted molar refractivity (Wildman–Crippen MR) is 92.1 cm³/mol. The summed E-state index contributed by atoms with van der Waals surface area (Å²) in [4.78, 5) is 40.7. The maximum atomic E-state index is 12.6. The van der Waals surface area contributed by atoms with Crippen LogP contribution in [0.2, 0.25) is 0 Å². The summed E-state index contributed by atoms with van der Waals surface area (Å²) in [6.45, 7) is 4.49. The van der Waals surface area contributed by atoms with Crippen LogP contribution >= 0.6 is 0 Å². The van der Waals surface area contributed by atoms with Crippen LogP contribution in [0.3, 0.4) is 0 Å². The molecule has 24 heavy (non-hydrogen) atoms. The van der Waals surface area contributed by atoms with Gasteiger partial charge in [0.05, 0.1) is 0 Å². The Morgan fingerprint density at radius 2 is 2.00 bits per heavy atom. The Labute approximate surface area is 139 Å². The fourth-order valence-corrected chi connectivity index (χ4v) is 2.81. The summed E-state index contributed by atoms with van der Waals surface area (Å²) in [5.74, 6) is -1.45. The van der Waals surface area contributed by atoms with Gasteiger partial charge < -0.3 is 15.2 Å². The predicted octanol–water partition coefficient (Wildman–Crippen LogP) is 1.98. The molecule has 3 rings (SSSR count). The van der Waals surface area contributed by atoms with Crippen molar-refractivity contribution in [2.75, 3.05) is 16.8 Å². The topological polar surface area (TPSA) is 82.3 Å². The van der Waals surface area contributed by atoms with Gasteiger partial charge in [0.2, 0.25) is 11.8 Å². The molecule has 1 fully saturated rings. The third kappa shape index (κ3) is 2.95. The standard InChI is InChI=1S/C18H19N3O3/c1-11-5-6-13(10-12(11)2)21-9-7-14(18(21)24)16(22)20-15-4-3-8-19-17(15)23/h3-6,8,10,14H,7,9H2,1-2H3,(H,19,23)(H,20,22)/t14-/m0/s1. The van der Waals surface area contributed by atoms with Crippen LogP contribution in [0.25, 0.3) is 0 Å². The number of aromatic amines is 1. The first kappa shape index (κ1) is 16.0. The van der Waals surface area contributed by atoms with Gasteiger partial charge in [-0.1, -0.05) is 6.07 Å². The maximum Gasteiger partial charge on any atom is 0.271 e. The molecule has 0 bridgehead atoms. The Hall–Kier alpha value is -2.89. The lowest BCUT2D eigenvalue weighted by atomic mass is 10.1. The number of carbonyl (C=O) groups excluding carboxylic acids is 2. The van der Waals surface area contributed by atoms with E-state index in [0.29, 0.717) is 13.0 Å². The number of hydrogen-bond donors (Lipinski definition) is 2. The quantitative estimate of drug-likeness (QED) is 0.847. The molecule has 2 aromatic rings. The van der Waals surface area contributed by atoms with E-state index in [1.54, 1.807) is 11.0 Å². The number of H-pyrrole nitrogens is 1. The molecule has 1 atom stereocenters. The number of rotatable bonds is 3. The van der Waals surface area contributed by atoms with Crippen LogP contribution in [-0.4, -0.2) is 23.3 Å². The minimum atomic E-state index is -0.772. The highest BCUT2D eigenvalue weighted by Gasteiger charge is 2.37. The molecule has 2 N–H and O–H groups in total. The fourth-order valence-electron chi connectivity index (χ4n) is 2.81. The van der Waals surface area contributed by atoms with E-state index in [4.69, 9.17) is 0 Å². The van der Waals surface area contributed by atoms with E-state index in [0.717, 1.165) is 16.8 Å². The van der Waals surface area contributed by atoms with E-state index in [-0.39, 0.29) is 17.2 Å². The average Bonchev–Trinajstić information content (AvgIpc) is 2.94. The van der Waals surface area contributed by atoms with Crippen molar-refractivity contribution in [3.05, 3.63) is 58.0 Å². The zero-order chi connectivity index (χ0) is 17.3. The first-order valence-electron chi connectivity index (χ1n) is 7.84.